The van der Waals surface area contributed by atoms with Crippen molar-refractivity contribution in [3.8, 4) is 0 Å². The number of aryl methyl sites for hydroxylation is 1. The molecule has 3 rings (SSSR count). The topological polar surface area (TPSA) is 24.7 Å². The van der Waals surface area contributed by atoms with Crippen LogP contribution in [-0.2, 0) is 0 Å². The maximum atomic E-state index is 4.27. The first-order chi connectivity index (χ1) is 11.3. The van der Waals surface area contributed by atoms with Crippen molar-refractivity contribution in [1.82, 2.24) is 0 Å². The fourth-order valence-electron chi connectivity index (χ4n) is 2.14. The molecule has 0 spiro atoms. The van der Waals surface area contributed by atoms with Gasteiger partial charge in [0.1, 0.15) is 0 Å². The van der Waals surface area contributed by atoms with E-state index < -0.39 is 0 Å². The van der Waals surface area contributed by atoms with Gasteiger partial charge in [-0.3, -0.25) is 0 Å². The Labute approximate surface area is 136 Å². The number of rotatable bonds is 4. The summed E-state index contributed by atoms with van der Waals surface area (Å²) < 4.78 is 0. The first-order valence-corrected chi connectivity index (χ1v) is 7.61. The minimum absolute atomic E-state index is 0.849. The van der Waals surface area contributed by atoms with Crippen molar-refractivity contribution in [1.29, 1.82) is 0 Å². The molecular weight excluding hydrogens is 280 g/mol. The van der Waals surface area contributed by atoms with Gasteiger partial charge >= 0.3 is 0 Å². The van der Waals surface area contributed by atoms with E-state index in [4.69, 9.17) is 0 Å². The Morgan fingerprint density at radius 1 is 0.565 bits per heavy atom. The molecule has 2 heteroatoms. The van der Waals surface area contributed by atoms with Gasteiger partial charge in [0, 0.05) is 0 Å². The molecule has 0 N–H and O–H groups in total. The summed E-state index contributed by atoms with van der Waals surface area (Å²) in [7, 11) is 0. The van der Waals surface area contributed by atoms with E-state index in [-0.39, 0.29) is 0 Å². The maximum absolute atomic E-state index is 4.27. The van der Waals surface area contributed by atoms with Crippen LogP contribution in [0, 0.1) is 6.92 Å². The van der Waals surface area contributed by atoms with E-state index in [0.717, 1.165) is 16.9 Å². The smallest absolute Gasteiger partial charge is 0.0857 e. The Kier molecular flexibility index (Phi) is 4.75. The normalized spacial score (nSPS) is 11.3. The van der Waals surface area contributed by atoms with Crippen molar-refractivity contribution in [2.24, 2.45) is 10.2 Å². The largest absolute Gasteiger partial charge is 0.151 e. The van der Waals surface area contributed by atoms with E-state index in [1.165, 1.54) is 11.1 Å². The van der Waals surface area contributed by atoms with Gasteiger partial charge in [0.2, 0.25) is 0 Å². The molecule has 0 radical (unpaired) electrons. The summed E-state index contributed by atoms with van der Waals surface area (Å²) in [6, 6.07) is 26.3. The molecular formula is C21H18N2. The molecule has 0 unspecified atom stereocenters. The van der Waals surface area contributed by atoms with Gasteiger partial charge in [0.05, 0.1) is 11.4 Å². The third-order valence-electron chi connectivity index (χ3n) is 3.48. The van der Waals surface area contributed by atoms with Gasteiger partial charge in [-0.05, 0) is 42.3 Å². The number of nitrogens with zero attached hydrogens (tertiary/aromatic N) is 2. The van der Waals surface area contributed by atoms with E-state index in [0.29, 0.717) is 0 Å². The molecule has 0 fully saturated rings. The Balaban J connectivity index is 1.67. The molecule has 0 saturated heterocycles. The summed E-state index contributed by atoms with van der Waals surface area (Å²) in [6.45, 7) is 2.06. The van der Waals surface area contributed by atoms with E-state index in [1.807, 2.05) is 66.7 Å². The van der Waals surface area contributed by atoms with Crippen LogP contribution in [0.1, 0.15) is 16.7 Å². The number of hydrogen-bond acceptors (Lipinski definition) is 2. The molecule has 0 amide bonds. The molecule has 2 nitrogen and oxygen atoms in total. The highest BCUT2D eigenvalue weighted by atomic mass is 15.1. The fourth-order valence-corrected chi connectivity index (χ4v) is 2.14. The predicted molar refractivity (Wildman–Crippen MR) is 97.2 cm³/mol. The highest BCUT2D eigenvalue weighted by molar-refractivity contribution is 5.70. The minimum Gasteiger partial charge on any atom is -0.151 e. The summed E-state index contributed by atoms with van der Waals surface area (Å²) in [5.41, 5.74) is 5.27. The monoisotopic (exact) mass is 298 g/mol. The lowest BCUT2D eigenvalue weighted by Gasteiger charge is -1.97. The van der Waals surface area contributed by atoms with Crippen LogP contribution in [0.25, 0.3) is 12.2 Å². The second kappa shape index (κ2) is 7.32. The maximum Gasteiger partial charge on any atom is 0.0857 e. The van der Waals surface area contributed by atoms with Gasteiger partial charge in [-0.25, -0.2) is 0 Å². The molecule has 0 saturated carbocycles. The van der Waals surface area contributed by atoms with E-state index in [2.05, 4.69) is 41.4 Å². The summed E-state index contributed by atoms with van der Waals surface area (Å²) in [6.07, 6.45) is 4.19. The Morgan fingerprint density at radius 2 is 1.04 bits per heavy atom. The van der Waals surface area contributed by atoms with Gasteiger partial charge in [-0.15, -0.1) is 0 Å². The molecule has 112 valence electrons. The fraction of sp³-hybridized carbons (Fsp3) is 0.0476. The molecule has 0 aromatic heterocycles. The van der Waals surface area contributed by atoms with Crippen LogP contribution in [0.3, 0.4) is 0 Å². The Morgan fingerprint density at radius 3 is 1.61 bits per heavy atom. The molecule has 0 bridgehead atoms. The van der Waals surface area contributed by atoms with Crippen molar-refractivity contribution in [3.05, 3.63) is 95.6 Å². The summed E-state index contributed by atoms with van der Waals surface area (Å²) in [5.74, 6) is 0. The second-order valence-corrected chi connectivity index (χ2v) is 5.37. The van der Waals surface area contributed by atoms with Gasteiger partial charge < -0.3 is 0 Å². The van der Waals surface area contributed by atoms with E-state index in [9.17, 15) is 0 Å². The van der Waals surface area contributed by atoms with Gasteiger partial charge in [-0.2, -0.15) is 10.2 Å². The number of azo groups is 1. The zero-order valence-electron chi connectivity index (χ0n) is 13.1. The van der Waals surface area contributed by atoms with Crippen molar-refractivity contribution in [2.45, 2.75) is 6.92 Å². The van der Waals surface area contributed by atoms with Crippen LogP contribution in [0.5, 0.6) is 0 Å². The molecule has 0 heterocycles. The highest BCUT2D eigenvalue weighted by Crippen LogP contribution is 2.19. The lowest BCUT2D eigenvalue weighted by atomic mass is 10.1. The first-order valence-electron chi connectivity index (χ1n) is 7.61. The van der Waals surface area contributed by atoms with E-state index >= 15 is 0 Å². The van der Waals surface area contributed by atoms with Crippen molar-refractivity contribution < 1.29 is 0 Å². The van der Waals surface area contributed by atoms with Crippen molar-refractivity contribution in [2.75, 3.05) is 0 Å². The summed E-state index contributed by atoms with van der Waals surface area (Å²) >= 11 is 0. The number of benzene rings is 3. The number of hydrogen-bond donors (Lipinski definition) is 0. The molecule has 0 aliphatic carbocycles. The third kappa shape index (κ3) is 4.48. The average molecular weight is 298 g/mol. The minimum atomic E-state index is 0.849. The van der Waals surface area contributed by atoms with Crippen molar-refractivity contribution >= 4 is 23.5 Å². The predicted octanol–water partition coefficient (Wildman–Crippen LogP) is 6.58. The standard InChI is InChI=1S/C21H18N2/c1-17-7-13-20(14-8-17)22-23-21-15-11-19(12-16-21)10-9-18-5-3-2-4-6-18/h2-16H,1H3/b10-9+,23-22?. The lowest BCUT2D eigenvalue weighted by Crippen LogP contribution is -1.72. The molecule has 0 aliphatic rings. The molecule has 3 aromatic carbocycles. The quantitative estimate of drug-likeness (QED) is 0.384. The SMILES string of the molecule is Cc1ccc(N=Nc2ccc(/C=C/c3ccccc3)cc2)cc1. The van der Waals surface area contributed by atoms with Crippen LogP contribution in [-0.4, -0.2) is 0 Å². The Hall–Kier alpha value is -3.00. The molecule has 0 atom stereocenters. The van der Waals surface area contributed by atoms with Crippen LogP contribution >= 0.6 is 0 Å². The van der Waals surface area contributed by atoms with Crippen LogP contribution in [0.15, 0.2) is 89.1 Å². The van der Waals surface area contributed by atoms with Crippen LogP contribution < -0.4 is 0 Å². The summed E-state index contributed by atoms with van der Waals surface area (Å²) in [5, 5.41) is 8.51. The average Bonchev–Trinajstić information content (AvgIpc) is 2.61. The van der Waals surface area contributed by atoms with Crippen LogP contribution in [0.4, 0.5) is 11.4 Å². The Bertz CT molecular complexity index is 799. The van der Waals surface area contributed by atoms with Gasteiger partial charge in [0.15, 0.2) is 0 Å². The highest BCUT2D eigenvalue weighted by Gasteiger charge is 1.92. The van der Waals surface area contributed by atoms with Gasteiger partial charge in [-0.1, -0.05) is 72.3 Å². The van der Waals surface area contributed by atoms with Gasteiger partial charge in [0.25, 0.3) is 0 Å². The molecule has 3 aromatic rings. The zero-order chi connectivity index (χ0) is 15.9. The van der Waals surface area contributed by atoms with Crippen molar-refractivity contribution in [3.63, 3.8) is 0 Å². The lowest BCUT2D eigenvalue weighted by molar-refractivity contribution is 1.23. The third-order valence-corrected chi connectivity index (χ3v) is 3.48. The summed E-state index contributed by atoms with van der Waals surface area (Å²) in [4.78, 5) is 0. The van der Waals surface area contributed by atoms with Crippen LogP contribution in [0.2, 0.25) is 0 Å². The van der Waals surface area contributed by atoms with E-state index in [1.54, 1.807) is 0 Å². The molecule has 23 heavy (non-hydrogen) atoms. The molecule has 0 aliphatic heterocycles. The zero-order valence-corrected chi connectivity index (χ0v) is 13.1. The first kappa shape index (κ1) is 14.9. The second-order valence-electron chi connectivity index (χ2n) is 5.37.